The number of carbonyl (C=O) groups is 2. The van der Waals surface area contributed by atoms with Crippen LogP contribution in [0.25, 0.3) is 0 Å². The van der Waals surface area contributed by atoms with Crippen LogP contribution in [0.5, 0.6) is 5.75 Å². The fourth-order valence-corrected chi connectivity index (χ4v) is 6.21. The number of carbonyl (C=O) groups excluding carboxylic acids is 2. The minimum atomic E-state index is -0.415. The number of methoxy groups -OCH3 is 1. The van der Waals surface area contributed by atoms with Crippen LogP contribution in [0, 0.1) is 6.92 Å². The number of thiophene rings is 1. The summed E-state index contributed by atoms with van der Waals surface area (Å²) in [5, 5.41) is 13.0. The second-order valence-electron chi connectivity index (χ2n) is 8.26. The first-order valence-corrected chi connectivity index (χ1v) is 13.7. The van der Waals surface area contributed by atoms with E-state index in [9.17, 15) is 9.59 Å². The maximum atomic E-state index is 12.8. The lowest BCUT2D eigenvalue weighted by Gasteiger charge is -2.12. The lowest BCUT2D eigenvalue weighted by Crippen LogP contribution is -2.17. The summed E-state index contributed by atoms with van der Waals surface area (Å²) in [6.45, 7) is 6.40. The minimum Gasteiger partial charge on any atom is -0.484 e. The summed E-state index contributed by atoms with van der Waals surface area (Å²) in [6.07, 6.45) is 5.58. The van der Waals surface area contributed by atoms with Crippen LogP contribution in [0.4, 0.5) is 5.00 Å². The molecule has 8 nitrogen and oxygen atoms in total. The molecule has 1 aliphatic rings. The average molecular weight is 547 g/mol. The normalized spacial score (nSPS) is 12.6. The van der Waals surface area contributed by atoms with E-state index >= 15 is 0 Å². The Bertz CT molecular complexity index is 1290. The number of amides is 1. The van der Waals surface area contributed by atoms with Gasteiger partial charge >= 0.3 is 5.97 Å². The van der Waals surface area contributed by atoms with Gasteiger partial charge in [0, 0.05) is 11.4 Å². The summed E-state index contributed by atoms with van der Waals surface area (Å²) in [6, 6.07) is 5.56. The van der Waals surface area contributed by atoms with Crippen molar-refractivity contribution in [3.8, 4) is 5.75 Å². The number of halogens is 1. The van der Waals surface area contributed by atoms with E-state index in [1.807, 2.05) is 23.6 Å². The number of benzene rings is 1. The monoisotopic (exact) mass is 546 g/mol. The first kappa shape index (κ1) is 26.2. The van der Waals surface area contributed by atoms with Gasteiger partial charge in [0.05, 0.1) is 23.4 Å². The van der Waals surface area contributed by atoms with Crippen LogP contribution in [-0.2, 0) is 35.5 Å². The highest BCUT2D eigenvalue weighted by atomic mass is 35.5. The third kappa shape index (κ3) is 5.93. The molecule has 0 fully saturated rings. The molecule has 1 N–H and O–H groups in total. The van der Waals surface area contributed by atoms with Crippen molar-refractivity contribution >= 4 is 51.6 Å². The van der Waals surface area contributed by atoms with E-state index < -0.39 is 5.97 Å². The summed E-state index contributed by atoms with van der Waals surface area (Å²) < 4.78 is 12.7. The molecule has 4 rings (SSSR count). The Morgan fingerprint density at radius 1 is 1.31 bits per heavy atom. The van der Waals surface area contributed by atoms with Gasteiger partial charge in [0.25, 0.3) is 0 Å². The average Bonchev–Trinajstić information content (AvgIpc) is 3.43. The number of nitrogens with zero attached hydrogens (tertiary/aromatic N) is 3. The third-order valence-corrected chi connectivity index (χ3v) is 8.18. The van der Waals surface area contributed by atoms with Gasteiger partial charge < -0.3 is 14.8 Å². The smallest absolute Gasteiger partial charge is 0.341 e. The lowest BCUT2D eigenvalue weighted by atomic mass is 9.95. The molecule has 0 spiro atoms. The van der Waals surface area contributed by atoms with Gasteiger partial charge in [-0.1, -0.05) is 35.5 Å². The Balaban J connectivity index is 1.43. The molecule has 0 atom stereocenters. The van der Waals surface area contributed by atoms with Crippen LogP contribution in [0.2, 0.25) is 5.02 Å². The predicted molar refractivity (Wildman–Crippen MR) is 142 cm³/mol. The fraction of sp³-hybridized carbons (Fsp3) is 0.360. The number of ether oxygens (including phenoxy) is 2. The molecule has 2 aromatic heterocycles. The zero-order valence-corrected chi connectivity index (χ0v) is 22.5. The first-order valence-electron chi connectivity index (χ1n) is 11.5. The molecule has 1 aliphatic carbocycles. The molecule has 0 bridgehead atoms. The zero-order chi connectivity index (χ0) is 25.7. The maximum absolute atomic E-state index is 12.8. The van der Waals surface area contributed by atoms with E-state index in [1.54, 1.807) is 12.1 Å². The van der Waals surface area contributed by atoms with E-state index in [-0.39, 0.29) is 18.3 Å². The summed E-state index contributed by atoms with van der Waals surface area (Å²) in [7, 11) is 1.36. The van der Waals surface area contributed by atoms with E-state index in [2.05, 4.69) is 22.1 Å². The van der Waals surface area contributed by atoms with Gasteiger partial charge in [0.1, 0.15) is 17.4 Å². The maximum Gasteiger partial charge on any atom is 0.341 e. The summed E-state index contributed by atoms with van der Waals surface area (Å²) in [5.74, 6) is 0.610. The number of thioether (sulfide) groups is 1. The number of aryl methyl sites for hydroxylation is 2. The molecule has 3 aromatic rings. The molecule has 1 aromatic carbocycles. The van der Waals surface area contributed by atoms with Crippen molar-refractivity contribution in [1.82, 2.24) is 14.8 Å². The first-order chi connectivity index (χ1) is 17.4. The van der Waals surface area contributed by atoms with Crippen molar-refractivity contribution in [2.75, 3.05) is 18.2 Å². The van der Waals surface area contributed by atoms with Crippen molar-refractivity contribution in [1.29, 1.82) is 0 Å². The van der Waals surface area contributed by atoms with Crippen molar-refractivity contribution < 1.29 is 19.1 Å². The third-order valence-electron chi connectivity index (χ3n) is 5.69. The molecular formula is C25H27ClN4O4S2. The standard InChI is InChI=1S/C25H27ClN4O4S2/c1-4-11-30-20(13-34-18-12-15(2)9-10-17(18)26)28-29-25(30)35-14-21(31)27-23-22(24(32)33-3)16-7-5-6-8-19(16)36-23/h4,9-10,12H,1,5-8,11,13-14H2,2-3H3,(H,27,31). The van der Waals surface area contributed by atoms with E-state index in [0.29, 0.717) is 38.9 Å². The van der Waals surface area contributed by atoms with Gasteiger partial charge in [-0.3, -0.25) is 9.36 Å². The molecule has 1 amide bonds. The molecule has 190 valence electrons. The number of hydrogen-bond acceptors (Lipinski definition) is 8. The number of nitrogens with one attached hydrogen (secondary N) is 1. The van der Waals surface area contributed by atoms with E-state index in [1.165, 1.54) is 30.2 Å². The number of fused-ring (bicyclic) bond motifs is 1. The Kier molecular flexibility index (Phi) is 8.71. The topological polar surface area (TPSA) is 95.3 Å². The number of esters is 1. The Hall–Kier alpha value is -2.82. The Labute approximate surface area is 223 Å². The van der Waals surface area contributed by atoms with Crippen LogP contribution < -0.4 is 10.1 Å². The van der Waals surface area contributed by atoms with Crippen LogP contribution in [0.15, 0.2) is 36.0 Å². The van der Waals surface area contributed by atoms with E-state index in [0.717, 1.165) is 41.7 Å². The van der Waals surface area contributed by atoms with Crippen LogP contribution in [-0.4, -0.2) is 39.5 Å². The number of hydrogen-bond donors (Lipinski definition) is 1. The Morgan fingerprint density at radius 2 is 2.11 bits per heavy atom. The molecule has 0 unspecified atom stereocenters. The van der Waals surface area contributed by atoms with Gasteiger partial charge in [-0.05, 0) is 55.9 Å². The zero-order valence-electron chi connectivity index (χ0n) is 20.1. The number of allylic oxidation sites excluding steroid dienone is 1. The number of rotatable bonds is 10. The highest BCUT2D eigenvalue weighted by molar-refractivity contribution is 7.99. The molecule has 2 heterocycles. The SMILES string of the molecule is C=CCn1c(COc2cc(C)ccc2Cl)nnc1SCC(=O)Nc1sc2c(c1C(=O)OC)CCCC2. The quantitative estimate of drug-likeness (QED) is 0.205. The molecular weight excluding hydrogens is 520 g/mol. The molecule has 36 heavy (non-hydrogen) atoms. The largest absolute Gasteiger partial charge is 0.484 e. The fourth-order valence-electron chi connectivity index (χ4n) is 3.97. The Morgan fingerprint density at radius 3 is 2.89 bits per heavy atom. The van der Waals surface area contributed by atoms with Crippen molar-refractivity contribution in [3.05, 3.63) is 63.3 Å². The van der Waals surface area contributed by atoms with Gasteiger partial charge in [-0.2, -0.15) is 0 Å². The van der Waals surface area contributed by atoms with Crippen LogP contribution in [0.1, 0.15) is 45.0 Å². The second-order valence-corrected chi connectivity index (χ2v) is 10.7. The van der Waals surface area contributed by atoms with Gasteiger partial charge in [0.15, 0.2) is 11.0 Å². The van der Waals surface area contributed by atoms with Crippen LogP contribution in [0.3, 0.4) is 0 Å². The molecule has 0 radical (unpaired) electrons. The van der Waals surface area contributed by atoms with Crippen molar-refractivity contribution in [2.45, 2.75) is 50.9 Å². The second kappa shape index (κ2) is 11.9. The number of aromatic nitrogens is 3. The molecule has 0 aliphatic heterocycles. The predicted octanol–water partition coefficient (Wildman–Crippen LogP) is 5.46. The highest BCUT2D eigenvalue weighted by Gasteiger charge is 2.27. The molecule has 0 saturated carbocycles. The lowest BCUT2D eigenvalue weighted by molar-refractivity contribution is -0.113. The van der Waals surface area contributed by atoms with Gasteiger partial charge in [-0.25, -0.2) is 4.79 Å². The minimum absolute atomic E-state index is 0.100. The van der Waals surface area contributed by atoms with Crippen molar-refractivity contribution in [2.24, 2.45) is 0 Å². The summed E-state index contributed by atoms with van der Waals surface area (Å²) >= 11 is 8.95. The van der Waals surface area contributed by atoms with E-state index in [4.69, 9.17) is 21.1 Å². The number of anilines is 1. The summed E-state index contributed by atoms with van der Waals surface area (Å²) in [4.78, 5) is 26.4. The molecule has 11 heteroatoms. The van der Waals surface area contributed by atoms with Gasteiger partial charge in [0.2, 0.25) is 5.91 Å². The summed E-state index contributed by atoms with van der Waals surface area (Å²) in [5.41, 5.74) is 2.52. The van der Waals surface area contributed by atoms with Crippen molar-refractivity contribution in [3.63, 3.8) is 0 Å². The molecule has 0 saturated heterocycles. The highest BCUT2D eigenvalue weighted by Crippen LogP contribution is 2.38. The van der Waals surface area contributed by atoms with Crippen LogP contribution >= 0.6 is 34.7 Å². The van der Waals surface area contributed by atoms with Gasteiger partial charge in [-0.15, -0.1) is 28.1 Å².